The number of nitrogens with one attached hydrogen (secondary N) is 2. The second-order valence-electron chi connectivity index (χ2n) is 4.10. The first-order valence-electron chi connectivity index (χ1n) is 5.85. The molecule has 0 aliphatic carbocycles. The van der Waals surface area contributed by atoms with E-state index in [1.807, 2.05) is 0 Å². The van der Waals surface area contributed by atoms with Crippen molar-refractivity contribution in [2.45, 2.75) is 13.0 Å². The molecule has 0 saturated heterocycles. The standard InChI is InChI=1S/C13H13N3O4/c1-8(11-3-2-4-20-11)15-13(19)16-10-5-9(12(17)18)6-14-7-10/h2-8H,1H3,(H,17,18)(H2,15,16,19). The van der Waals surface area contributed by atoms with E-state index in [0.29, 0.717) is 11.4 Å². The molecule has 7 nitrogen and oxygen atoms in total. The number of urea groups is 1. The number of furan rings is 1. The zero-order chi connectivity index (χ0) is 14.5. The highest BCUT2D eigenvalue weighted by Gasteiger charge is 2.12. The van der Waals surface area contributed by atoms with E-state index in [1.54, 1.807) is 19.1 Å². The lowest BCUT2D eigenvalue weighted by Crippen LogP contribution is -2.31. The van der Waals surface area contributed by atoms with Crippen LogP contribution in [0, 0.1) is 0 Å². The number of carbonyl (C=O) groups excluding carboxylic acids is 1. The summed E-state index contributed by atoms with van der Waals surface area (Å²) in [5.74, 6) is -0.483. The van der Waals surface area contributed by atoms with Gasteiger partial charge >= 0.3 is 12.0 Å². The number of hydrogen-bond donors (Lipinski definition) is 3. The summed E-state index contributed by atoms with van der Waals surface area (Å²) >= 11 is 0. The summed E-state index contributed by atoms with van der Waals surface area (Å²) in [5, 5.41) is 14.0. The Labute approximate surface area is 114 Å². The van der Waals surface area contributed by atoms with Crippen LogP contribution in [0.1, 0.15) is 29.1 Å². The fourth-order valence-corrected chi connectivity index (χ4v) is 1.60. The predicted octanol–water partition coefficient (Wildman–Crippen LogP) is 2.26. The molecule has 2 amide bonds. The van der Waals surface area contributed by atoms with Crippen molar-refractivity contribution < 1.29 is 19.1 Å². The Morgan fingerprint density at radius 3 is 2.85 bits per heavy atom. The number of hydrogen-bond acceptors (Lipinski definition) is 4. The topological polar surface area (TPSA) is 104 Å². The SMILES string of the molecule is CC(NC(=O)Nc1cncc(C(=O)O)c1)c1ccco1. The minimum atomic E-state index is -1.11. The Bertz CT molecular complexity index is 610. The quantitative estimate of drug-likeness (QED) is 0.793. The molecule has 2 heterocycles. The first kappa shape index (κ1) is 13.6. The van der Waals surface area contributed by atoms with Gasteiger partial charge in [-0.3, -0.25) is 4.98 Å². The molecule has 2 aromatic rings. The average Bonchev–Trinajstić information content (AvgIpc) is 2.92. The lowest BCUT2D eigenvalue weighted by molar-refractivity contribution is 0.0696. The van der Waals surface area contributed by atoms with Gasteiger partial charge in [0.1, 0.15) is 5.76 Å². The van der Waals surface area contributed by atoms with Crippen LogP contribution in [-0.2, 0) is 0 Å². The van der Waals surface area contributed by atoms with E-state index in [1.165, 1.54) is 24.7 Å². The molecule has 20 heavy (non-hydrogen) atoms. The first-order chi connectivity index (χ1) is 9.56. The maximum absolute atomic E-state index is 11.8. The normalized spacial score (nSPS) is 11.7. The van der Waals surface area contributed by atoms with Crippen LogP contribution in [0.3, 0.4) is 0 Å². The van der Waals surface area contributed by atoms with Crippen molar-refractivity contribution in [1.82, 2.24) is 10.3 Å². The summed E-state index contributed by atoms with van der Waals surface area (Å²) in [5.41, 5.74) is 0.302. The number of carbonyl (C=O) groups is 2. The van der Waals surface area contributed by atoms with Gasteiger partial charge in [0.05, 0.1) is 29.8 Å². The Morgan fingerprint density at radius 2 is 2.20 bits per heavy atom. The summed E-state index contributed by atoms with van der Waals surface area (Å²) in [7, 11) is 0. The lowest BCUT2D eigenvalue weighted by atomic mass is 10.2. The molecule has 104 valence electrons. The largest absolute Gasteiger partial charge is 0.478 e. The molecule has 0 aliphatic heterocycles. The second-order valence-corrected chi connectivity index (χ2v) is 4.10. The average molecular weight is 275 g/mol. The molecule has 0 bridgehead atoms. The number of anilines is 1. The van der Waals surface area contributed by atoms with E-state index >= 15 is 0 Å². The molecule has 0 radical (unpaired) electrons. The van der Waals surface area contributed by atoms with Crippen molar-refractivity contribution in [3.63, 3.8) is 0 Å². The Hall–Kier alpha value is -2.83. The van der Waals surface area contributed by atoms with E-state index < -0.39 is 12.0 Å². The van der Waals surface area contributed by atoms with Crippen molar-refractivity contribution in [3.8, 4) is 0 Å². The zero-order valence-electron chi connectivity index (χ0n) is 10.7. The number of aromatic carboxylic acids is 1. The molecule has 1 unspecified atom stereocenters. The zero-order valence-corrected chi connectivity index (χ0v) is 10.7. The fraction of sp³-hybridized carbons (Fsp3) is 0.154. The van der Waals surface area contributed by atoms with Gasteiger partial charge in [-0.15, -0.1) is 0 Å². The third-order valence-corrected chi connectivity index (χ3v) is 2.56. The Morgan fingerprint density at radius 1 is 1.40 bits per heavy atom. The maximum atomic E-state index is 11.8. The van der Waals surface area contributed by atoms with Crippen molar-refractivity contribution >= 4 is 17.7 Å². The summed E-state index contributed by atoms with van der Waals surface area (Å²) in [6.07, 6.45) is 4.09. The van der Waals surface area contributed by atoms with Gasteiger partial charge in [0, 0.05) is 6.20 Å². The van der Waals surface area contributed by atoms with E-state index in [-0.39, 0.29) is 11.6 Å². The van der Waals surface area contributed by atoms with Crippen LogP contribution in [0.25, 0.3) is 0 Å². The van der Waals surface area contributed by atoms with Crippen LogP contribution in [0.4, 0.5) is 10.5 Å². The molecule has 0 aromatic carbocycles. The summed E-state index contributed by atoms with van der Waals surface area (Å²) in [6.45, 7) is 1.77. The number of carboxylic acids is 1. The van der Waals surface area contributed by atoms with Gasteiger partial charge in [0.2, 0.25) is 0 Å². The van der Waals surface area contributed by atoms with Gasteiger partial charge < -0.3 is 20.2 Å². The number of nitrogens with zero attached hydrogens (tertiary/aromatic N) is 1. The highest BCUT2D eigenvalue weighted by atomic mass is 16.4. The Kier molecular flexibility index (Phi) is 3.99. The highest BCUT2D eigenvalue weighted by Crippen LogP contribution is 2.13. The molecular weight excluding hydrogens is 262 g/mol. The highest BCUT2D eigenvalue weighted by molar-refractivity contribution is 5.92. The van der Waals surface area contributed by atoms with Crippen LogP contribution in [0.15, 0.2) is 41.3 Å². The van der Waals surface area contributed by atoms with Gasteiger partial charge in [-0.05, 0) is 25.1 Å². The van der Waals surface area contributed by atoms with Crippen LogP contribution >= 0.6 is 0 Å². The second kappa shape index (κ2) is 5.87. The monoisotopic (exact) mass is 275 g/mol. The minimum absolute atomic E-state index is 0.00174. The number of carboxylic acid groups (broad SMARTS) is 1. The molecule has 3 N–H and O–H groups in total. The third-order valence-electron chi connectivity index (χ3n) is 2.56. The molecule has 7 heteroatoms. The van der Waals surface area contributed by atoms with Crippen molar-refractivity contribution in [1.29, 1.82) is 0 Å². The maximum Gasteiger partial charge on any atom is 0.337 e. The van der Waals surface area contributed by atoms with Gasteiger partial charge in [-0.1, -0.05) is 0 Å². The van der Waals surface area contributed by atoms with Gasteiger partial charge in [0.25, 0.3) is 0 Å². The number of amides is 2. The van der Waals surface area contributed by atoms with E-state index in [4.69, 9.17) is 9.52 Å². The summed E-state index contributed by atoms with van der Waals surface area (Å²) in [4.78, 5) is 26.3. The molecule has 2 aromatic heterocycles. The summed E-state index contributed by atoms with van der Waals surface area (Å²) < 4.78 is 5.16. The molecule has 0 fully saturated rings. The molecule has 0 spiro atoms. The van der Waals surface area contributed by atoms with Gasteiger partial charge in [-0.25, -0.2) is 9.59 Å². The summed E-state index contributed by atoms with van der Waals surface area (Å²) in [6, 6.07) is 4.02. The third kappa shape index (κ3) is 3.35. The van der Waals surface area contributed by atoms with E-state index in [2.05, 4.69) is 15.6 Å². The first-order valence-corrected chi connectivity index (χ1v) is 5.85. The molecule has 1 atom stereocenters. The van der Waals surface area contributed by atoms with E-state index in [0.717, 1.165) is 0 Å². The molecule has 2 rings (SSSR count). The van der Waals surface area contributed by atoms with Crippen LogP contribution in [0.2, 0.25) is 0 Å². The number of pyridine rings is 1. The molecular formula is C13H13N3O4. The van der Waals surface area contributed by atoms with Crippen LogP contribution in [-0.4, -0.2) is 22.1 Å². The van der Waals surface area contributed by atoms with Crippen molar-refractivity contribution in [3.05, 3.63) is 48.2 Å². The van der Waals surface area contributed by atoms with Crippen LogP contribution < -0.4 is 10.6 Å². The number of rotatable bonds is 4. The predicted molar refractivity (Wildman–Crippen MR) is 70.5 cm³/mol. The van der Waals surface area contributed by atoms with Gasteiger partial charge in [0.15, 0.2) is 0 Å². The number of aromatic nitrogens is 1. The lowest BCUT2D eigenvalue weighted by Gasteiger charge is -2.12. The fourth-order valence-electron chi connectivity index (χ4n) is 1.60. The smallest absolute Gasteiger partial charge is 0.337 e. The Balaban J connectivity index is 1.98. The van der Waals surface area contributed by atoms with Gasteiger partial charge in [-0.2, -0.15) is 0 Å². The minimum Gasteiger partial charge on any atom is -0.478 e. The molecule has 0 saturated carbocycles. The van der Waals surface area contributed by atoms with Crippen LogP contribution in [0.5, 0.6) is 0 Å². The molecule has 0 aliphatic rings. The van der Waals surface area contributed by atoms with E-state index in [9.17, 15) is 9.59 Å². The van der Waals surface area contributed by atoms with Crippen molar-refractivity contribution in [2.75, 3.05) is 5.32 Å². The van der Waals surface area contributed by atoms with Crippen molar-refractivity contribution in [2.24, 2.45) is 0 Å².